The summed E-state index contributed by atoms with van der Waals surface area (Å²) in [6.07, 6.45) is -0.157. The van der Waals surface area contributed by atoms with Crippen LogP contribution in [0.3, 0.4) is 0 Å². The van der Waals surface area contributed by atoms with Gasteiger partial charge in [-0.05, 0) is 24.6 Å². The lowest BCUT2D eigenvalue weighted by Gasteiger charge is -2.14. The molecule has 0 spiro atoms. The second-order valence-corrected chi connectivity index (χ2v) is 5.36. The van der Waals surface area contributed by atoms with Gasteiger partial charge in [-0.25, -0.2) is 0 Å². The number of hydrogen-bond donors (Lipinski definition) is 1. The highest BCUT2D eigenvalue weighted by Gasteiger charge is 2.08. The molecule has 0 saturated heterocycles. The number of nitrogens with one attached hydrogen (secondary N) is 1. The number of carbonyl (C=O) groups is 1. The van der Waals surface area contributed by atoms with E-state index in [1.54, 1.807) is 13.2 Å². The third kappa shape index (κ3) is 5.03. The summed E-state index contributed by atoms with van der Waals surface area (Å²) >= 11 is 0. The number of amides is 1. The van der Waals surface area contributed by atoms with Crippen LogP contribution in [0, 0.1) is 18.3 Å². The van der Waals surface area contributed by atoms with Crippen molar-refractivity contribution in [1.82, 2.24) is 5.32 Å². The first-order valence-electron chi connectivity index (χ1n) is 7.61. The van der Waals surface area contributed by atoms with Gasteiger partial charge in [0.25, 0.3) is 0 Å². The summed E-state index contributed by atoms with van der Waals surface area (Å²) in [6, 6.07) is 15.4. The number of nitriles is 1. The highest BCUT2D eigenvalue weighted by molar-refractivity contribution is 5.78. The van der Waals surface area contributed by atoms with Crippen LogP contribution in [0.1, 0.15) is 23.1 Å². The average Bonchev–Trinajstić information content (AvgIpc) is 2.60. The molecule has 24 heavy (non-hydrogen) atoms. The highest BCUT2D eigenvalue weighted by atomic mass is 16.5. The van der Waals surface area contributed by atoms with Gasteiger partial charge in [-0.2, -0.15) is 5.26 Å². The molecule has 1 amide bonds. The van der Waals surface area contributed by atoms with Gasteiger partial charge in [-0.1, -0.05) is 29.8 Å². The fourth-order valence-electron chi connectivity index (χ4n) is 2.12. The van der Waals surface area contributed by atoms with E-state index < -0.39 is 0 Å². The number of aryl methyl sites for hydroxylation is 1. The summed E-state index contributed by atoms with van der Waals surface area (Å²) < 4.78 is 11.1. The summed E-state index contributed by atoms with van der Waals surface area (Å²) in [5.74, 6) is 1.02. The van der Waals surface area contributed by atoms with Crippen LogP contribution in [0.15, 0.2) is 42.5 Å². The van der Waals surface area contributed by atoms with Crippen molar-refractivity contribution in [3.63, 3.8) is 0 Å². The normalized spacial score (nSPS) is 9.88. The summed E-state index contributed by atoms with van der Waals surface area (Å²) in [7, 11) is 1.59. The van der Waals surface area contributed by atoms with Gasteiger partial charge in [0, 0.05) is 18.2 Å². The van der Waals surface area contributed by atoms with Crippen molar-refractivity contribution in [2.24, 2.45) is 0 Å². The van der Waals surface area contributed by atoms with Crippen molar-refractivity contribution in [3.05, 3.63) is 59.2 Å². The molecule has 2 rings (SSSR count). The molecule has 124 valence electrons. The standard InChI is InChI=1S/C19H20N2O3/c1-14-3-5-15(6-4-14)13-24-18-11-17(23-2)8-7-16(18)12-21-19(22)9-10-20/h3-8,11H,9,12-13H2,1-2H3,(H,21,22). The van der Waals surface area contributed by atoms with Crippen LogP contribution in [-0.4, -0.2) is 13.0 Å². The molecule has 0 heterocycles. The van der Waals surface area contributed by atoms with Crippen molar-refractivity contribution in [2.75, 3.05) is 7.11 Å². The Morgan fingerprint density at radius 2 is 1.96 bits per heavy atom. The molecule has 0 bridgehead atoms. The summed E-state index contributed by atoms with van der Waals surface area (Å²) in [5, 5.41) is 11.2. The largest absolute Gasteiger partial charge is 0.497 e. The average molecular weight is 324 g/mol. The van der Waals surface area contributed by atoms with Crippen LogP contribution < -0.4 is 14.8 Å². The first kappa shape index (κ1) is 17.4. The second kappa shape index (κ2) is 8.59. The van der Waals surface area contributed by atoms with E-state index in [2.05, 4.69) is 5.32 Å². The van der Waals surface area contributed by atoms with Crippen LogP contribution in [0.5, 0.6) is 11.5 Å². The number of methoxy groups -OCH3 is 1. The van der Waals surface area contributed by atoms with Gasteiger partial charge in [0.05, 0.1) is 13.2 Å². The zero-order valence-corrected chi connectivity index (χ0v) is 13.8. The Hall–Kier alpha value is -3.00. The van der Waals surface area contributed by atoms with Gasteiger partial charge in [-0.3, -0.25) is 4.79 Å². The zero-order valence-electron chi connectivity index (χ0n) is 13.8. The van der Waals surface area contributed by atoms with E-state index in [0.717, 1.165) is 11.1 Å². The topological polar surface area (TPSA) is 71.3 Å². The van der Waals surface area contributed by atoms with E-state index in [9.17, 15) is 4.79 Å². The minimum atomic E-state index is -0.308. The fourth-order valence-corrected chi connectivity index (χ4v) is 2.12. The maximum absolute atomic E-state index is 11.5. The lowest BCUT2D eigenvalue weighted by Crippen LogP contribution is -2.22. The van der Waals surface area contributed by atoms with E-state index in [-0.39, 0.29) is 12.3 Å². The molecule has 0 unspecified atom stereocenters. The summed E-state index contributed by atoms with van der Waals surface area (Å²) in [5.41, 5.74) is 3.08. The van der Waals surface area contributed by atoms with Gasteiger partial charge in [0.2, 0.25) is 5.91 Å². The van der Waals surface area contributed by atoms with Crippen molar-refractivity contribution in [1.29, 1.82) is 5.26 Å². The van der Waals surface area contributed by atoms with Crippen molar-refractivity contribution in [2.45, 2.75) is 26.5 Å². The highest BCUT2D eigenvalue weighted by Crippen LogP contribution is 2.25. The zero-order chi connectivity index (χ0) is 17.4. The van der Waals surface area contributed by atoms with Gasteiger partial charge in [0.1, 0.15) is 24.5 Å². The molecule has 0 atom stereocenters. The lowest BCUT2D eigenvalue weighted by molar-refractivity contribution is -0.120. The number of nitrogens with zero attached hydrogens (tertiary/aromatic N) is 1. The smallest absolute Gasteiger partial charge is 0.234 e. The monoisotopic (exact) mass is 324 g/mol. The predicted octanol–water partition coefficient (Wildman–Crippen LogP) is 3.11. The van der Waals surface area contributed by atoms with Crippen LogP contribution in [0.2, 0.25) is 0 Å². The molecular formula is C19H20N2O3. The number of ether oxygens (including phenoxy) is 2. The third-order valence-electron chi connectivity index (χ3n) is 3.50. The van der Waals surface area contributed by atoms with E-state index >= 15 is 0 Å². The predicted molar refractivity (Wildman–Crippen MR) is 90.6 cm³/mol. The Kier molecular flexibility index (Phi) is 6.21. The van der Waals surface area contributed by atoms with Gasteiger partial charge in [-0.15, -0.1) is 0 Å². The molecule has 0 aromatic heterocycles. The van der Waals surface area contributed by atoms with Crippen LogP contribution in [0.4, 0.5) is 0 Å². The Morgan fingerprint density at radius 3 is 2.62 bits per heavy atom. The van der Waals surface area contributed by atoms with E-state index in [1.807, 2.05) is 49.4 Å². The molecule has 1 N–H and O–H groups in total. The molecular weight excluding hydrogens is 304 g/mol. The second-order valence-electron chi connectivity index (χ2n) is 5.36. The first-order chi connectivity index (χ1) is 11.6. The number of rotatable bonds is 7. The SMILES string of the molecule is COc1ccc(CNC(=O)CC#N)c(OCc2ccc(C)cc2)c1. The maximum atomic E-state index is 11.5. The Bertz CT molecular complexity index is 733. The van der Waals surface area contributed by atoms with Crippen LogP contribution >= 0.6 is 0 Å². The van der Waals surface area contributed by atoms with E-state index in [1.165, 1.54) is 5.56 Å². The van der Waals surface area contributed by atoms with Gasteiger partial charge in [0.15, 0.2) is 0 Å². The van der Waals surface area contributed by atoms with Crippen LogP contribution in [0.25, 0.3) is 0 Å². The molecule has 2 aromatic rings. The molecule has 5 nitrogen and oxygen atoms in total. The minimum Gasteiger partial charge on any atom is -0.497 e. The van der Waals surface area contributed by atoms with Gasteiger partial charge >= 0.3 is 0 Å². The number of carbonyl (C=O) groups excluding carboxylic acids is 1. The Balaban J connectivity index is 2.08. The van der Waals surface area contributed by atoms with Gasteiger partial charge < -0.3 is 14.8 Å². The summed E-state index contributed by atoms with van der Waals surface area (Å²) in [6.45, 7) is 2.76. The van der Waals surface area contributed by atoms with Crippen molar-refractivity contribution >= 4 is 5.91 Å². The van der Waals surface area contributed by atoms with Crippen molar-refractivity contribution < 1.29 is 14.3 Å². The molecule has 0 radical (unpaired) electrons. The summed E-state index contributed by atoms with van der Waals surface area (Å²) in [4.78, 5) is 11.5. The number of benzene rings is 2. The van der Waals surface area contributed by atoms with E-state index in [4.69, 9.17) is 14.7 Å². The molecule has 0 aliphatic rings. The van der Waals surface area contributed by atoms with E-state index in [0.29, 0.717) is 24.7 Å². The Morgan fingerprint density at radius 1 is 1.21 bits per heavy atom. The lowest BCUT2D eigenvalue weighted by atomic mass is 10.1. The minimum absolute atomic E-state index is 0.157. The number of hydrogen-bond acceptors (Lipinski definition) is 4. The Labute approximate surface area is 141 Å². The molecule has 0 fully saturated rings. The molecule has 0 aliphatic heterocycles. The molecule has 2 aromatic carbocycles. The molecule has 0 saturated carbocycles. The fraction of sp³-hybridized carbons (Fsp3) is 0.263. The maximum Gasteiger partial charge on any atom is 0.234 e. The quantitative estimate of drug-likeness (QED) is 0.849. The molecule has 5 heteroatoms. The third-order valence-corrected chi connectivity index (χ3v) is 3.50. The van der Waals surface area contributed by atoms with Crippen LogP contribution in [-0.2, 0) is 17.9 Å². The first-order valence-corrected chi connectivity index (χ1v) is 7.61. The molecule has 0 aliphatic carbocycles. The van der Waals surface area contributed by atoms with Crippen molar-refractivity contribution in [3.8, 4) is 17.6 Å².